The third-order valence-corrected chi connectivity index (χ3v) is 4.45. The summed E-state index contributed by atoms with van der Waals surface area (Å²) in [7, 11) is 0. The maximum absolute atomic E-state index is 12.3. The molecule has 1 aliphatic heterocycles. The predicted molar refractivity (Wildman–Crippen MR) is 95.4 cm³/mol. The lowest BCUT2D eigenvalue weighted by Gasteiger charge is -2.29. The largest absolute Gasteiger partial charge is 0.491 e. The number of carbonyl (C=O) groups is 1. The molecule has 0 aromatic heterocycles. The lowest BCUT2D eigenvalue weighted by Crippen LogP contribution is -2.43. The number of para-hydroxylation sites is 1. The molecule has 4 heteroatoms. The third kappa shape index (κ3) is 3.70. The van der Waals surface area contributed by atoms with E-state index in [1.54, 1.807) is 0 Å². The van der Waals surface area contributed by atoms with Gasteiger partial charge in [-0.1, -0.05) is 42.5 Å². The fourth-order valence-corrected chi connectivity index (χ4v) is 3.12. The molecule has 0 bridgehead atoms. The normalized spacial score (nSPS) is 13.3. The van der Waals surface area contributed by atoms with Crippen molar-refractivity contribution >= 4 is 6.03 Å². The second-order valence-electron chi connectivity index (χ2n) is 6.24. The van der Waals surface area contributed by atoms with Crippen LogP contribution in [0.5, 0.6) is 5.75 Å². The van der Waals surface area contributed by atoms with Gasteiger partial charge in [0.15, 0.2) is 0 Å². The lowest BCUT2D eigenvalue weighted by atomic mass is 10.0. The van der Waals surface area contributed by atoms with Crippen LogP contribution in [-0.4, -0.2) is 30.6 Å². The molecule has 126 valence electrons. The van der Waals surface area contributed by atoms with E-state index >= 15 is 0 Å². The highest BCUT2D eigenvalue weighted by Crippen LogP contribution is 2.22. The zero-order valence-electron chi connectivity index (χ0n) is 14.3. The first kappa shape index (κ1) is 16.4. The van der Waals surface area contributed by atoms with E-state index in [2.05, 4.69) is 23.5 Å². The summed E-state index contributed by atoms with van der Waals surface area (Å²) in [6.07, 6.45) is 0.919. The van der Waals surface area contributed by atoms with E-state index < -0.39 is 0 Å². The zero-order chi connectivity index (χ0) is 16.9. The van der Waals surface area contributed by atoms with Crippen molar-refractivity contribution in [3.05, 3.63) is 64.7 Å². The average molecular weight is 324 g/mol. The van der Waals surface area contributed by atoms with Gasteiger partial charge in [0.1, 0.15) is 12.4 Å². The standard InChI is InChI=1S/C20H24N2O2/c1-15-6-5-7-16(2)19(15)24-13-11-21-20(23)22-12-10-17-8-3-4-9-18(17)14-22/h3-9H,10-14H2,1-2H3,(H,21,23). The summed E-state index contributed by atoms with van der Waals surface area (Å²) in [6.45, 7) is 6.49. The van der Waals surface area contributed by atoms with Gasteiger partial charge in [0.05, 0.1) is 6.54 Å². The molecule has 2 amide bonds. The van der Waals surface area contributed by atoms with Crippen molar-refractivity contribution in [1.82, 2.24) is 10.2 Å². The Hall–Kier alpha value is -2.49. The smallest absolute Gasteiger partial charge is 0.317 e. The molecule has 0 unspecified atom stereocenters. The number of rotatable bonds is 4. The molecule has 1 N–H and O–H groups in total. The molecular weight excluding hydrogens is 300 g/mol. The molecule has 0 atom stereocenters. The number of ether oxygens (including phenoxy) is 1. The molecule has 24 heavy (non-hydrogen) atoms. The van der Waals surface area contributed by atoms with Crippen LogP contribution in [0.25, 0.3) is 0 Å². The minimum Gasteiger partial charge on any atom is -0.491 e. The number of nitrogens with one attached hydrogen (secondary N) is 1. The Morgan fingerprint density at radius 2 is 1.79 bits per heavy atom. The van der Waals surface area contributed by atoms with Gasteiger partial charge in [-0.05, 0) is 42.5 Å². The molecule has 0 radical (unpaired) electrons. The van der Waals surface area contributed by atoms with Crippen LogP contribution in [-0.2, 0) is 13.0 Å². The van der Waals surface area contributed by atoms with Crippen molar-refractivity contribution in [3.8, 4) is 5.75 Å². The van der Waals surface area contributed by atoms with Gasteiger partial charge in [0.25, 0.3) is 0 Å². The minimum atomic E-state index is -0.0189. The van der Waals surface area contributed by atoms with Crippen LogP contribution in [0.1, 0.15) is 22.3 Å². The Morgan fingerprint density at radius 3 is 2.54 bits per heavy atom. The number of amides is 2. The Balaban J connectivity index is 1.47. The summed E-state index contributed by atoms with van der Waals surface area (Å²) >= 11 is 0. The highest BCUT2D eigenvalue weighted by atomic mass is 16.5. The molecule has 2 aromatic rings. The fourth-order valence-electron chi connectivity index (χ4n) is 3.12. The molecule has 0 spiro atoms. The molecule has 0 fully saturated rings. The number of benzene rings is 2. The molecule has 2 aromatic carbocycles. The Morgan fingerprint density at radius 1 is 1.08 bits per heavy atom. The first-order valence-corrected chi connectivity index (χ1v) is 8.44. The molecule has 0 aliphatic carbocycles. The molecule has 1 heterocycles. The van der Waals surface area contributed by atoms with Crippen molar-refractivity contribution in [2.24, 2.45) is 0 Å². The minimum absolute atomic E-state index is 0.0189. The number of aryl methyl sites for hydroxylation is 2. The monoisotopic (exact) mass is 324 g/mol. The molecule has 0 saturated carbocycles. The molecule has 3 rings (SSSR count). The van der Waals surface area contributed by atoms with Crippen LogP contribution in [0.15, 0.2) is 42.5 Å². The van der Waals surface area contributed by atoms with Crippen LogP contribution in [0, 0.1) is 13.8 Å². The Bertz CT molecular complexity index is 707. The first-order valence-electron chi connectivity index (χ1n) is 8.44. The zero-order valence-corrected chi connectivity index (χ0v) is 14.3. The van der Waals surface area contributed by atoms with E-state index in [-0.39, 0.29) is 6.03 Å². The maximum atomic E-state index is 12.3. The summed E-state index contributed by atoms with van der Waals surface area (Å²) in [5, 5.41) is 2.95. The van der Waals surface area contributed by atoms with Crippen LogP contribution >= 0.6 is 0 Å². The number of carbonyl (C=O) groups excluding carboxylic acids is 1. The maximum Gasteiger partial charge on any atom is 0.317 e. The Kier molecular flexibility index (Phi) is 5.04. The topological polar surface area (TPSA) is 41.6 Å². The quantitative estimate of drug-likeness (QED) is 0.875. The van der Waals surface area contributed by atoms with Gasteiger partial charge in [-0.15, -0.1) is 0 Å². The average Bonchev–Trinajstić information content (AvgIpc) is 2.60. The SMILES string of the molecule is Cc1cccc(C)c1OCCNC(=O)N1CCc2ccccc2C1. The summed E-state index contributed by atoms with van der Waals surface area (Å²) in [5.74, 6) is 0.915. The number of urea groups is 1. The summed E-state index contributed by atoms with van der Waals surface area (Å²) in [6, 6.07) is 14.4. The van der Waals surface area contributed by atoms with Crippen LogP contribution in [0.4, 0.5) is 4.79 Å². The lowest BCUT2D eigenvalue weighted by molar-refractivity contribution is 0.189. The number of hydrogen-bond donors (Lipinski definition) is 1. The van der Waals surface area contributed by atoms with Gasteiger partial charge < -0.3 is 15.0 Å². The summed E-state index contributed by atoms with van der Waals surface area (Å²) in [5.41, 5.74) is 4.83. The van der Waals surface area contributed by atoms with E-state index in [9.17, 15) is 4.79 Å². The summed E-state index contributed by atoms with van der Waals surface area (Å²) in [4.78, 5) is 14.2. The Labute approximate surface area is 143 Å². The van der Waals surface area contributed by atoms with Crippen LogP contribution < -0.4 is 10.1 Å². The van der Waals surface area contributed by atoms with E-state index in [0.29, 0.717) is 19.7 Å². The second-order valence-corrected chi connectivity index (χ2v) is 6.24. The van der Waals surface area contributed by atoms with Gasteiger partial charge >= 0.3 is 6.03 Å². The highest BCUT2D eigenvalue weighted by molar-refractivity contribution is 5.74. The highest BCUT2D eigenvalue weighted by Gasteiger charge is 2.19. The van der Waals surface area contributed by atoms with Gasteiger partial charge in [-0.3, -0.25) is 0 Å². The van der Waals surface area contributed by atoms with Gasteiger partial charge in [-0.25, -0.2) is 4.79 Å². The fraction of sp³-hybridized carbons (Fsp3) is 0.350. The van der Waals surface area contributed by atoms with E-state index in [0.717, 1.165) is 29.8 Å². The predicted octanol–water partition coefficient (Wildman–Crippen LogP) is 3.45. The number of hydrogen-bond acceptors (Lipinski definition) is 2. The summed E-state index contributed by atoms with van der Waals surface area (Å²) < 4.78 is 5.83. The molecule has 4 nitrogen and oxygen atoms in total. The van der Waals surface area contributed by atoms with Crippen LogP contribution in [0.2, 0.25) is 0 Å². The molecule has 0 saturated heterocycles. The first-order chi connectivity index (χ1) is 11.6. The van der Waals surface area contributed by atoms with Crippen molar-refractivity contribution in [3.63, 3.8) is 0 Å². The number of nitrogens with zero attached hydrogens (tertiary/aromatic N) is 1. The van der Waals surface area contributed by atoms with E-state index in [1.807, 2.05) is 43.0 Å². The van der Waals surface area contributed by atoms with Crippen molar-refractivity contribution in [2.45, 2.75) is 26.8 Å². The molecular formula is C20H24N2O2. The number of fused-ring (bicyclic) bond motifs is 1. The van der Waals surface area contributed by atoms with Crippen LogP contribution in [0.3, 0.4) is 0 Å². The van der Waals surface area contributed by atoms with Gasteiger partial charge in [-0.2, -0.15) is 0 Å². The second kappa shape index (κ2) is 7.39. The van der Waals surface area contributed by atoms with Crippen molar-refractivity contribution in [2.75, 3.05) is 19.7 Å². The molecule has 1 aliphatic rings. The van der Waals surface area contributed by atoms with Gasteiger partial charge in [0.2, 0.25) is 0 Å². The van der Waals surface area contributed by atoms with E-state index in [1.165, 1.54) is 11.1 Å². The van der Waals surface area contributed by atoms with Gasteiger partial charge in [0, 0.05) is 13.1 Å². The third-order valence-electron chi connectivity index (χ3n) is 4.45. The van der Waals surface area contributed by atoms with E-state index in [4.69, 9.17) is 4.74 Å². The van der Waals surface area contributed by atoms with Crippen molar-refractivity contribution < 1.29 is 9.53 Å². The van der Waals surface area contributed by atoms with Crippen molar-refractivity contribution in [1.29, 1.82) is 0 Å².